The highest BCUT2D eigenvalue weighted by molar-refractivity contribution is 7.84. The number of aromatic hydroxyl groups is 1. The van der Waals surface area contributed by atoms with Crippen molar-refractivity contribution in [2.75, 3.05) is 23.4 Å². The molecule has 7 nitrogen and oxygen atoms in total. The number of benzene rings is 1. The zero-order valence-corrected chi connectivity index (χ0v) is 11.7. The minimum Gasteiger partial charge on any atom is -0.506 e. The smallest absolute Gasteiger partial charge is 0.335 e. The summed E-state index contributed by atoms with van der Waals surface area (Å²) in [4.78, 5) is 22.2. The molecule has 0 aliphatic carbocycles. The maximum absolute atomic E-state index is 11.5. The number of aromatic carboxylic acids is 1. The summed E-state index contributed by atoms with van der Waals surface area (Å²) >= 11 is 0. The van der Waals surface area contributed by atoms with Crippen molar-refractivity contribution < 1.29 is 24.0 Å². The van der Waals surface area contributed by atoms with Crippen LogP contribution < -0.4 is 10.6 Å². The van der Waals surface area contributed by atoms with Crippen LogP contribution in [0.1, 0.15) is 17.3 Å². The fourth-order valence-corrected chi connectivity index (χ4v) is 1.98. The van der Waals surface area contributed by atoms with Crippen molar-refractivity contribution >= 4 is 28.5 Å². The molecule has 0 heterocycles. The van der Waals surface area contributed by atoms with Gasteiger partial charge < -0.3 is 20.8 Å². The lowest BCUT2D eigenvalue weighted by molar-refractivity contribution is 0.0696. The molecule has 1 aromatic carbocycles. The van der Waals surface area contributed by atoms with E-state index in [9.17, 15) is 18.9 Å². The molecule has 0 fully saturated rings. The molecular formula is C12H16N2O5S. The van der Waals surface area contributed by atoms with Gasteiger partial charge >= 0.3 is 12.0 Å². The van der Waals surface area contributed by atoms with Crippen molar-refractivity contribution in [3.63, 3.8) is 0 Å². The quantitative estimate of drug-likeness (QED) is 0.584. The number of amides is 2. The highest BCUT2D eigenvalue weighted by Gasteiger charge is 2.10. The van der Waals surface area contributed by atoms with E-state index in [1.54, 1.807) is 6.92 Å². The van der Waals surface area contributed by atoms with Crippen molar-refractivity contribution in [1.82, 2.24) is 5.32 Å². The number of nitrogens with one attached hydrogen (secondary N) is 2. The predicted octanol–water partition coefficient (Wildman–Crippen LogP) is 0.980. The van der Waals surface area contributed by atoms with E-state index < -0.39 is 22.8 Å². The van der Waals surface area contributed by atoms with Gasteiger partial charge in [-0.1, -0.05) is 6.92 Å². The second-order valence-electron chi connectivity index (χ2n) is 3.85. The van der Waals surface area contributed by atoms with Gasteiger partial charge in [0.15, 0.2) is 0 Å². The minimum absolute atomic E-state index is 0.0770. The van der Waals surface area contributed by atoms with Crippen molar-refractivity contribution in [1.29, 1.82) is 0 Å². The summed E-state index contributed by atoms with van der Waals surface area (Å²) in [5.41, 5.74) is 0.0240. The van der Waals surface area contributed by atoms with Crippen LogP contribution >= 0.6 is 0 Å². The van der Waals surface area contributed by atoms with E-state index in [1.807, 2.05) is 0 Å². The Balaban J connectivity index is 2.54. The van der Waals surface area contributed by atoms with E-state index in [0.717, 1.165) is 6.07 Å². The average Bonchev–Trinajstić information content (AvgIpc) is 2.40. The van der Waals surface area contributed by atoms with E-state index >= 15 is 0 Å². The molecule has 1 atom stereocenters. The molecule has 4 N–H and O–H groups in total. The van der Waals surface area contributed by atoms with Gasteiger partial charge in [0.1, 0.15) is 5.75 Å². The van der Waals surface area contributed by atoms with Crippen molar-refractivity contribution in [3.8, 4) is 5.75 Å². The molecule has 0 spiro atoms. The largest absolute Gasteiger partial charge is 0.506 e. The summed E-state index contributed by atoms with van der Waals surface area (Å²) in [6, 6.07) is 3.05. The second-order valence-corrected chi connectivity index (χ2v) is 5.72. The van der Waals surface area contributed by atoms with Crippen molar-refractivity contribution in [3.05, 3.63) is 23.8 Å². The lowest BCUT2D eigenvalue weighted by Gasteiger charge is -2.09. The first-order chi connectivity index (χ1) is 9.43. The van der Waals surface area contributed by atoms with Gasteiger partial charge in [-0.25, -0.2) is 9.59 Å². The summed E-state index contributed by atoms with van der Waals surface area (Å²) in [7, 11) is -0.960. The first-order valence-corrected chi connectivity index (χ1v) is 7.39. The molecule has 2 amide bonds. The molecule has 0 bridgehead atoms. The Hall–Kier alpha value is -2.09. The SMILES string of the molecule is CCS(=O)CCNC(=O)Nc1ccc(C(=O)O)cc1O. The van der Waals surface area contributed by atoms with E-state index in [0.29, 0.717) is 11.5 Å². The topological polar surface area (TPSA) is 116 Å². The summed E-state index contributed by atoms with van der Waals surface area (Å²) in [5.74, 6) is -0.621. The van der Waals surface area contributed by atoms with Crippen LogP contribution in [0.25, 0.3) is 0 Å². The Morgan fingerprint density at radius 1 is 1.35 bits per heavy atom. The van der Waals surface area contributed by atoms with Crippen LogP contribution in [0.3, 0.4) is 0 Å². The monoisotopic (exact) mass is 300 g/mol. The number of hydrogen-bond donors (Lipinski definition) is 4. The summed E-state index contributed by atoms with van der Waals surface area (Å²) < 4.78 is 11.2. The highest BCUT2D eigenvalue weighted by atomic mass is 32.2. The van der Waals surface area contributed by atoms with Crippen LogP contribution in [-0.2, 0) is 10.8 Å². The fraction of sp³-hybridized carbons (Fsp3) is 0.333. The van der Waals surface area contributed by atoms with Crippen molar-refractivity contribution in [2.45, 2.75) is 6.92 Å². The lowest BCUT2D eigenvalue weighted by Crippen LogP contribution is -2.32. The number of carboxylic acids is 1. The summed E-state index contributed by atoms with van der Waals surface area (Å²) in [6.45, 7) is 2.04. The molecule has 0 radical (unpaired) electrons. The Labute approximate surface area is 118 Å². The number of phenols is 1. The molecule has 110 valence electrons. The maximum Gasteiger partial charge on any atom is 0.335 e. The third-order valence-electron chi connectivity index (χ3n) is 2.43. The molecule has 0 aliphatic rings. The molecular weight excluding hydrogens is 284 g/mol. The maximum atomic E-state index is 11.5. The molecule has 1 aromatic rings. The number of phenolic OH excluding ortho intramolecular Hbond substituents is 1. The van der Waals surface area contributed by atoms with Crippen molar-refractivity contribution in [2.24, 2.45) is 0 Å². The standard InChI is InChI=1S/C12H16N2O5S/c1-2-20(19)6-5-13-12(18)14-9-4-3-8(11(16)17)7-10(9)15/h3-4,7,15H,2,5-6H2,1H3,(H,16,17)(H2,13,14,18). The molecule has 1 rings (SSSR count). The van der Waals surface area contributed by atoms with Gasteiger partial charge in [-0.2, -0.15) is 0 Å². The Morgan fingerprint density at radius 3 is 2.60 bits per heavy atom. The molecule has 0 aromatic heterocycles. The highest BCUT2D eigenvalue weighted by Crippen LogP contribution is 2.24. The number of anilines is 1. The lowest BCUT2D eigenvalue weighted by atomic mass is 10.2. The molecule has 0 saturated heterocycles. The first kappa shape index (κ1) is 16.0. The zero-order valence-electron chi connectivity index (χ0n) is 10.9. The van der Waals surface area contributed by atoms with Crippen LogP contribution in [0, 0.1) is 0 Å². The number of carbonyl (C=O) groups excluding carboxylic acids is 1. The normalized spacial score (nSPS) is 11.7. The Kier molecular flexibility index (Phi) is 5.98. The van der Waals surface area contributed by atoms with Gasteiger partial charge in [0.2, 0.25) is 0 Å². The van der Waals surface area contributed by atoms with E-state index in [2.05, 4.69) is 10.6 Å². The van der Waals surface area contributed by atoms with Crippen LogP contribution in [0.15, 0.2) is 18.2 Å². The number of carbonyl (C=O) groups is 2. The fourth-order valence-electron chi connectivity index (χ4n) is 1.36. The zero-order chi connectivity index (χ0) is 15.1. The van der Waals surface area contributed by atoms with Gasteiger partial charge in [0.05, 0.1) is 11.3 Å². The van der Waals surface area contributed by atoms with E-state index in [1.165, 1.54) is 12.1 Å². The Bertz CT molecular complexity index is 533. The number of carboxylic acid groups (broad SMARTS) is 1. The Morgan fingerprint density at radius 2 is 2.05 bits per heavy atom. The number of urea groups is 1. The first-order valence-electron chi connectivity index (χ1n) is 5.90. The molecule has 8 heteroatoms. The van der Waals surface area contributed by atoms with Crippen LogP contribution in [0.2, 0.25) is 0 Å². The minimum atomic E-state index is -1.17. The molecule has 0 saturated carbocycles. The van der Waals surface area contributed by atoms with Gasteiger partial charge in [-0.15, -0.1) is 0 Å². The second kappa shape index (κ2) is 7.49. The molecule has 0 aliphatic heterocycles. The molecule has 1 unspecified atom stereocenters. The van der Waals surface area contributed by atoms with Crippen LogP contribution in [0.4, 0.5) is 10.5 Å². The van der Waals surface area contributed by atoms with Gasteiger partial charge in [-0.05, 0) is 18.2 Å². The van der Waals surface area contributed by atoms with Crippen LogP contribution in [-0.4, -0.2) is 44.5 Å². The summed E-state index contributed by atoms with van der Waals surface area (Å²) in [5, 5.41) is 23.2. The number of hydrogen-bond acceptors (Lipinski definition) is 4. The predicted molar refractivity (Wildman–Crippen MR) is 75.6 cm³/mol. The summed E-state index contributed by atoms with van der Waals surface area (Å²) in [6.07, 6.45) is 0. The van der Waals surface area contributed by atoms with E-state index in [-0.39, 0.29) is 23.5 Å². The molecule has 20 heavy (non-hydrogen) atoms. The van der Waals surface area contributed by atoms with Crippen LogP contribution in [0.5, 0.6) is 5.75 Å². The third-order valence-corrected chi connectivity index (χ3v) is 3.73. The average molecular weight is 300 g/mol. The van der Waals surface area contributed by atoms with Gasteiger partial charge in [0.25, 0.3) is 0 Å². The van der Waals surface area contributed by atoms with Gasteiger partial charge in [0, 0.05) is 28.9 Å². The van der Waals surface area contributed by atoms with Gasteiger partial charge in [-0.3, -0.25) is 4.21 Å². The number of rotatable bonds is 6. The van der Waals surface area contributed by atoms with E-state index in [4.69, 9.17) is 5.11 Å². The third kappa shape index (κ3) is 4.88.